The molecule has 0 saturated heterocycles. The van der Waals surface area contributed by atoms with Crippen LogP contribution in [0.4, 0.5) is 0 Å². The zero-order chi connectivity index (χ0) is 11.0. The van der Waals surface area contributed by atoms with Gasteiger partial charge in [0.25, 0.3) is 0 Å². The van der Waals surface area contributed by atoms with E-state index >= 15 is 0 Å². The smallest absolute Gasteiger partial charge is 0.310 e. The minimum absolute atomic E-state index is 0.408. The maximum atomic E-state index is 11.0. The first-order chi connectivity index (χ1) is 7.09. The van der Waals surface area contributed by atoms with Crippen LogP contribution in [0.5, 0.6) is 0 Å². The number of carboxylic acids is 1. The number of carbonyl (C=O) groups is 1. The minimum atomic E-state index is -0.748. The van der Waals surface area contributed by atoms with Crippen molar-refractivity contribution in [2.45, 2.75) is 32.1 Å². The third-order valence-electron chi connectivity index (χ3n) is 3.05. The van der Waals surface area contributed by atoms with E-state index in [4.69, 9.17) is 5.11 Å². The first kappa shape index (κ1) is 10.7. The van der Waals surface area contributed by atoms with E-state index in [1.165, 1.54) is 11.1 Å². The molecule has 0 radical (unpaired) electrons. The van der Waals surface area contributed by atoms with Gasteiger partial charge in [-0.05, 0) is 55.0 Å². The van der Waals surface area contributed by atoms with Crippen LogP contribution >= 0.6 is 15.9 Å². The summed E-state index contributed by atoms with van der Waals surface area (Å²) >= 11 is 3.44. The fraction of sp³-hybridized carbons (Fsp3) is 0.417. The van der Waals surface area contributed by atoms with E-state index in [0.29, 0.717) is 0 Å². The number of carboxylic acid groups (broad SMARTS) is 1. The molecule has 2 nitrogen and oxygen atoms in total. The van der Waals surface area contributed by atoms with Crippen LogP contribution in [0.3, 0.4) is 0 Å². The summed E-state index contributed by atoms with van der Waals surface area (Å²) in [5.74, 6) is -1.16. The Bertz CT molecular complexity index is 412. The highest BCUT2D eigenvalue weighted by Gasteiger charge is 2.22. The number of rotatable bonds is 2. The number of hydrogen-bond donors (Lipinski definition) is 1. The molecule has 1 unspecified atom stereocenters. The normalized spacial score (nSPS) is 16.1. The number of hydrogen-bond acceptors (Lipinski definition) is 1. The number of halogens is 1. The predicted octanol–water partition coefficient (Wildman–Crippen LogP) is 3.13. The van der Waals surface area contributed by atoms with Gasteiger partial charge >= 0.3 is 5.97 Å². The molecular weight excluding hydrogens is 256 g/mol. The summed E-state index contributed by atoms with van der Waals surface area (Å²) in [6.45, 7) is 1.75. The third-order valence-corrected chi connectivity index (χ3v) is 3.51. The Morgan fingerprint density at radius 1 is 1.47 bits per heavy atom. The molecule has 80 valence electrons. The lowest BCUT2D eigenvalue weighted by Crippen LogP contribution is -2.10. The van der Waals surface area contributed by atoms with Gasteiger partial charge in [0.2, 0.25) is 0 Å². The van der Waals surface area contributed by atoms with Crippen molar-refractivity contribution in [2.75, 3.05) is 0 Å². The third kappa shape index (κ3) is 1.93. The van der Waals surface area contributed by atoms with Crippen molar-refractivity contribution < 1.29 is 9.90 Å². The molecule has 1 aromatic carbocycles. The lowest BCUT2D eigenvalue weighted by Gasteiger charge is -2.13. The molecule has 15 heavy (non-hydrogen) atoms. The summed E-state index contributed by atoms with van der Waals surface area (Å²) in [7, 11) is 0. The number of aliphatic carboxylic acids is 1. The van der Waals surface area contributed by atoms with Gasteiger partial charge in [-0.2, -0.15) is 0 Å². The Morgan fingerprint density at radius 3 is 2.87 bits per heavy atom. The molecule has 2 rings (SSSR count). The van der Waals surface area contributed by atoms with Crippen LogP contribution < -0.4 is 0 Å². The van der Waals surface area contributed by atoms with Crippen LogP contribution in [0, 0.1) is 0 Å². The maximum absolute atomic E-state index is 11.0. The second-order valence-electron chi connectivity index (χ2n) is 4.05. The number of fused-ring (bicyclic) bond motifs is 1. The van der Waals surface area contributed by atoms with Crippen LogP contribution in [0.15, 0.2) is 16.6 Å². The van der Waals surface area contributed by atoms with Crippen molar-refractivity contribution in [1.29, 1.82) is 0 Å². The van der Waals surface area contributed by atoms with Gasteiger partial charge in [-0.25, -0.2) is 0 Å². The van der Waals surface area contributed by atoms with Crippen LogP contribution in [-0.4, -0.2) is 11.1 Å². The van der Waals surface area contributed by atoms with E-state index in [-0.39, 0.29) is 0 Å². The first-order valence-electron chi connectivity index (χ1n) is 5.13. The Balaban J connectivity index is 2.51. The zero-order valence-corrected chi connectivity index (χ0v) is 10.2. The van der Waals surface area contributed by atoms with Gasteiger partial charge in [-0.15, -0.1) is 0 Å². The van der Waals surface area contributed by atoms with Crippen molar-refractivity contribution in [3.05, 3.63) is 33.3 Å². The fourth-order valence-corrected chi connectivity index (χ4v) is 2.74. The van der Waals surface area contributed by atoms with E-state index in [1.807, 2.05) is 6.07 Å². The number of aryl methyl sites for hydroxylation is 1. The lowest BCUT2D eigenvalue weighted by atomic mass is 9.93. The van der Waals surface area contributed by atoms with E-state index < -0.39 is 11.9 Å². The van der Waals surface area contributed by atoms with Crippen LogP contribution in [0.2, 0.25) is 0 Å². The molecule has 0 spiro atoms. The van der Waals surface area contributed by atoms with Gasteiger partial charge in [-0.3, -0.25) is 4.79 Å². The van der Waals surface area contributed by atoms with Crippen molar-refractivity contribution in [2.24, 2.45) is 0 Å². The molecule has 0 saturated carbocycles. The summed E-state index contributed by atoms with van der Waals surface area (Å²) < 4.78 is 0.992. The molecule has 0 heterocycles. The van der Waals surface area contributed by atoms with Crippen molar-refractivity contribution in [3.8, 4) is 0 Å². The largest absolute Gasteiger partial charge is 0.481 e. The van der Waals surface area contributed by atoms with Gasteiger partial charge in [0.05, 0.1) is 5.92 Å². The highest BCUT2D eigenvalue weighted by Crippen LogP contribution is 2.33. The van der Waals surface area contributed by atoms with Crippen LogP contribution in [0.25, 0.3) is 0 Å². The summed E-state index contributed by atoms with van der Waals surface area (Å²) in [5.41, 5.74) is 3.55. The molecule has 0 fully saturated rings. The molecule has 3 heteroatoms. The summed E-state index contributed by atoms with van der Waals surface area (Å²) in [4.78, 5) is 11.0. The summed E-state index contributed by atoms with van der Waals surface area (Å²) in [5, 5.41) is 9.04. The molecule has 1 N–H and O–H groups in total. The quantitative estimate of drug-likeness (QED) is 0.895. The van der Waals surface area contributed by atoms with Gasteiger partial charge in [-0.1, -0.05) is 15.9 Å². The molecular formula is C12H13BrO2. The molecule has 1 aliphatic carbocycles. The average molecular weight is 269 g/mol. The summed E-state index contributed by atoms with van der Waals surface area (Å²) in [6, 6.07) is 4.06. The SMILES string of the molecule is CC(C(=O)O)c1cc(Br)cc2c1CCC2. The monoisotopic (exact) mass is 268 g/mol. The predicted molar refractivity (Wildman–Crippen MR) is 62.2 cm³/mol. The lowest BCUT2D eigenvalue weighted by molar-refractivity contribution is -0.138. The first-order valence-corrected chi connectivity index (χ1v) is 5.93. The minimum Gasteiger partial charge on any atom is -0.481 e. The Morgan fingerprint density at radius 2 is 2.20 bits per heavy atom. The van der Waals surface area contributed by atoms with E-state index in [0.717, 1.165) is 29.3 Å². The second-order valence-corrected chi connectivity index (χ2v) is 4.96. The second kappa shape index (κ2) is 3.97. The topological polar surface area (TPSA) is 37.3 Å². The summed E-state index contributed by atoms with van der Waals surface area (Å²) in [6.07, 6.45) is 3.24. The highest BCUT2D eigenvalue weighted by atomic mass is 79.9. The van der Waals surface area contributed by atoms with Crippen molar-refractivity contribution in [3.63, 3.8) is 0 Å². The van der Waals surface area contributed by atoms with Crippen molar-refractivity contribution in [1.82, 2.24) is 0 Å². The maximum Gasteiger partial charge on any atom is 0.310 e. The van der Waals surface area contributed by atoms with E-state index in [2.05, 4.69) is 22.0 Å². The van der Waals surface area contributed by atoms with Gasteiger partial charge in [0.15, 0.2) is 0 Å². The Hall–Kier alpha value is -0.830. The zero-order valence-electron chi connectivity index (χ0n) is 8.59. The van der Waals surface area contributed by atoms with E-state index in [9.17, 15) is 4.79 Å². The van der Waals surface area contributed by atoms with Gasteiger partial charge < -0.3 is 5.11 Å². The molecule has 0 bridgehead atoms. The molecule has 1 aliphatic rings. The van der Waals surface area contributed by atoms with Crippen LogP contribution in [-0.2, 0) is 17.6 Å². The van der Waals surface area contributed by atoms with Crippen LogP contribution in [0.1, 0.15) is 36.0 Å². The van der Waals surface area contributed by atoms with Crippen molar-refractivity contribution >= 4 is 21.9 Å². The Kier molecular flexibility index (Phi) is 2.83. The molecule has 0 aliphatic heterocycles. The molecule has 1 atom stereocenters. The number of benzene rings is 1. The Labute approximate surface area is 97.4 Å². The molecule has 1 aromatic rings. The molecule has 0 amide bonds. The van der Waals surface area contributed by atoms with Gasteiger partial charge in [0, 0.05) is 4.47 Å². The van der Waals surface area contributed by atoms with E-state index in [1.54, 1.807) is 6.92 Å². The molecule has 0 aromatic heterocycles. The average Bonchev–Trinajstić information content (AvgIpc) is 2.62. The van der Waals surface area contributed by atoms with Gasteiger partial charge in [0.1, 0.15) is 0 Å². The highest BCUT2D eigenvalue weighted by molar-refractivity contribution is 9.10. The standard InChI is InChI=1S/C12H13BrO2/c1-7(12(14)15)11-6-9(13)5-8-3-2-4-10(8)11/h5-7H,2-4H2,1H3,(H,14,15). The fourth-order valence-electron chi connectivity index (χ4n) is 2.22.